The van der Waals surface area contributed by atoms with E-state index in [4.69, 9.17) is 16.3 Å². The van der Waals surface area contributed by atoms with Crippen LogP contribution in [0.4, 0.5) is 17.1 Å². The van der Waals surface area contributed by atoms with Crippen LogP contribution in [0.2, 0.25) is 0 Å². The number of carbonyl (C=O) groups is 2. The summed E-state index contributed by atoms with van der Waals surface area (Å²) >= 11 is 0. The van der Waals surface area contributed by atoms with Crippen molar-refractivity contribution in [2.24, 2.45) is 5.84 Å². The van der Waals surface area contributed by atoms with Crippen molar-refractivity contribution in [2.75, 3.05) is 17.2 Å². The first kappa shape index (κ1) is 18.9. The van der Waals surface area contributed by atoms with Gasteiger partial charge < -0.3 is 15.4 Å². The Morgan fingerprint density at radius 3 is 2.61 bits per heavy atom. The molecule has 0 bridgehead atoms. The lowest BCUT2D eigenvalue weighted by Gasteiger charge is -2.30. The molecule has 2 aromatic carbocycles. The molecule has 0 spiro atoms. The van der Waals surface area contributed by atoms with Gasteiger partial charge >= 0.3 is 0 Å². The van der Waals surface area contributed by atoms with Crippen molar-refractivity contribution in [1.29, 1.82) is 0 Å². The zero-order valence-corrected chi connectivity index (χ0v) is 14.6. The van der Waals surface area contributed by atoms with E-state index in [-0.39, 0.29) is 24.4 Å². The number of hydrazine groups is 1. The van der Waals surface area contributed by atoms with E-state index in [9.17, 15) is 19.7 Å². The van der Waals surface area contributed by atoms with Crippen molar-refractivity contribution in [3.8, 4) is 5.75 Å². The van der Waals surface area contributed by atoms with Crippen LogP contribution in [0.1, 0.15) is 12.0 Å². The predicted octanol–water partition coefficient (Wildman–Crippen LogP) is 1.32. The monoisotopic (exact) mass is 383 g/mol. The van der Waals surface area contributed by atoms with Crippen molar-refractivity contribution in [3.63, 3.8) is 0 Å². The second-order valence-electron chi connectivity index (χ2n) is 5.96. The van der Waals surface area contributed by atoms with Gasteiger partial charge in [0.25, 0.3) is 11.6 Å². The van der Waals surface area contributed by atoms with E-state index in [1.807, 2.05) is 5.43 Å². The van der Waals surface area contributed by atoms with Crippen LogP contribution in [-0.2, 0) is 9.59 Å². The molecule has 1 aliphatic heterocycles. The first-order valence-electron chi connectivity index (χ1n) is 8.24. The summed E-state index contributed by atoms with van der Waals surface area (Å²) in [6.45, 7) is 0.0687. The van der Waals surface area contributed by atoms with Gasteiger partial charge in [0.2, 0.25) is 5.91 Å². The van der Waals surface area contributed by atoms with Gasteiger partial charge in [-0.25, -0.2) is 5.84 Å². The summed E-state index contributed by atoms with van der Waals surface area (Å²) in [6, 6.07) is 10.5. The van der Waals surface area contributed by atoms with Crippen LogP contribution in [-0.4, -0.2) is 23.3 Å². The molecule has 0 aliphatic carbocycles. The number of nitrogens with two attached hydrogens (primary N) is 2. The molecule has 2 amide bonds. The molecule has 144 valence electrons. The van der Waals surface area contributed by atoms with Crippen molar-refractivity contribution >= 4 is 35.0 Å². The van der Waals surface area contributed by atoms with Crippen molar-refractivity contribution in [3.05, 3.63) is 63.9 Å². The third-order valence-electron chi connectivity index (χ3n) is 4.07. The maximum absolute atomic E-state index is 12.9. The number of hydrogen-bond acceptors (Lipinski definition) is 7. The highest BCUT2D eigenvalue weighted by molar-refractivity contribution is 6.10. The largest absolute Gasteiger partial charge is 0.449 e. The minimum atomic E-state index is -0.510. The second kappa shape index (κ2) is 7.76. The molecule has 2 aromatic rings. The molecule has 10 heteroatoms. The quantitative estimate of drug-likeness (QED) is 0.176. The zero-order chi connectivity index (χ0) is 20.3. The predicted molar refractivity (Wildman–Crippen MR) is 102 cm³/mol. The zero-order valence-electron chi connectivity index (χ0n) is 14.6. The first-order chi connectivity index (χ1) is 13.4. The summed E-state index contributed by atoms with van der Waals surface area (Å²) in [6.07, 6.45) is 1.46. The maximum Gasteiger partial charge on any atom is 0.294 e. The Balaban J connectivity index is 1.94. The lowest BCUT2D eigenvalue weighted by Crippen LogP contribution is -2.40. The molecule has 3 rings (SSSR count). The maximum atomic E-state index is 12.9. The molecule has 28 heavy (non-hydrogen) atoms. The van der Waals surface area contributed by atoms with E-state index in [1.54, 1.807) is 18.2 Å². The van der Waals surface area contributed by atoms with Gasteiger partial charge in [-0.1, -0.05) is 0 Å². The number of nitrogen functional groups attached to an aromatic ring is 1. The molecule has 0 radical (unpaired) electrons. The van der Waals surface area contributed by atoms with Gasteiger partial charge in [-0.05, 0) is 42.0 Å². The standard InChI is InChI=1S/C18H17N5O5/c19-12-3-6-15-14(10-12)22(8-7-17(24)21-20)18(25)16(28-15)9-11-1-4-13(5-2-11)23(26)27/h1-6,9-10H,7-8,19-20H2,(H,21,24)/b16-9+. The van der Waals surface area contributed by atoms with Crippen LogP contribution < -0.4 is 26.6 Å². The first-order valence-corrected chi connectivity index (χ1v) is 8.24. The normalized spacial score (nSPS) is 14.4. The number of benzene rings is 2. The fourth-order valence-electron chi connectivity index (χ4n) is 2.68. The van der Waals surface area contributed by atoms with Gasteiger partial charge in [-0.2, -0.15) is 0 Å². The average molecular weight is 383 g/mol. The highest BCUT2D eigenvalue weighted by Gasteiger charge is 2.30. The Morgan fingerprint density at radius 1 is 1.25 bits per heavy atom. The SMILES string of the molecule is NNC(=O)CCN1C(=O)/C(=C\c2ccc([N+](=O)[O-])cc2)Oc2ccc(N)cc21. The Bertz CT molecular complexity index is 971. The fraction of sp³-hybridized carbons (Fsp3) is 0.111. The van der Waals surface area contributed by atoms with E-state index >= 15 is 0 Å². The number of nitro benzene ring substituents is 1. The van der Waals surface area contributed by atoms with Crippen molar-refractivity contribution in [2.45, 2.75) is 6.42 Å². The van der Waals surface area contributed by atoms with Gasteiger partial charge in [-0.3, -0.25) is 25.1 Å². The average Bonchev–Trinajstić information content (AvgIpc) is 2.68. The number of amides is 2. The molecule has 0 unspecified atom stereocenters. The molecule has 1 heterocycles. The van der Waals surface area contributed by atoms with Crippen molar-refractivity contribution < 1.29 is 19.2 Å². The molecule has 0 saturated carbocycles. The number of nitrogens with zero attached hydrogens (tertiary/aromatic N) is 2. The van der Waals surface area contributed by atoms with E-state index in [2.05, 4.69) is 0 Å². The van der Waals surface area contributed by atoms with Crippen molar-refractivity contribution in [1.82, 2.24) is 5.43 Å². The summed E-state index contributed by atoms with van der Waals surface area (Å²) in [4.78, 5) is 36.0. The summed E-state index contributed by atoms with van der Waals surface area (Å²) in [5.41, 5.74) is 9.19. The fourth-order valence-corrected chi connectivity index (χ4v) is 2.68. The molecule has 1 aliphatic rings. The lowest BCUT2D eigenvalue weighted by atomic mass is 10.1. The van der Waals surface area contributed by atoms with Gasteiger partial charge in [0.1, 0.15) is 0 Å². The molecule has 0 saturated heterocycles. The highest BCUT2D eigenvalue weighted by atomic mass is 16.6. The second-order valence-corrected chi connectivity index (χ2v) is 5.96. The Hall–Kier alpha value is -3.92. The molecular formula is C18H17N5O5. The van der Waals surface area contributed by atoms with Crippen LogP contribution >= 0.6 is 0 Å². The van der Waals surface area contributed by atoms with E-state index < -0.39 is 16.7 Å². The van der Waals surface area contributed by atoms with Crippen LogP contribution in [0, 0.1) is 10.1 Å². The van der Waals surface area contributed by atoms with E-state index in [0.717, 1.165) is 0 Å². The number of anilines is 2. The van der Waals surface area contributed by atoms with Gasteiger partial charge in [0.05, 0.1) is 10.6 Å². The molecule has 0 atom stereocenters. The Kier molecular flexibility index (Phi) is 5.23. The van der Waals surface area contributed by atoms with E-state index in [0.29, 0.717) is 22.7 Å². The minimum absolute atomic E-state index is 0.0126. The Labute approximate surface area is 159 Å². The number of hydrogen-bond donors (Lipinski definition) is 3. The Morgan fingerprint density at radius 2 is 1.96 bits per heavy atom. The number of carbonyl (C=O) groups excluding carboxylic acids is 2. The van der Waals surface area contributed by atoms with Gasteiger partial charge in [0.15, 0.2) is 11.5 Å². The number of nitrogens with one attached hydrogen (secondary N) is 1. The number of ether oxygens (including phenoxy) is 1. The van der Waals surface area contributed by atoms with Gasteiger partial charge in [-0.15, -0.1) is 0 Å². The molecule has 0 fully saturated rings. The topological polar surface area (TPSA) is 154 Å². The third kappa shape index (κ3) is 3.91. The number of fused-ring (bicyclic) bond motifs is 1. The van der Waals surface area contributed by atoms with Gasteiger partial charge in [0, 0.05) is 30.8 Å². The summed E-state index contributed by atoms with van der Waals surface area (Å²) < 4.78 is 5.70. The minimum Gasteiger partial charge on any atom is -0.449 e. The van der Waals surface area contributed by atoms with Crippen LogP contribution in [0.15, 0.2) is 48.2 Å². The molecule has 10 nitrogen and oxygen atoms in total. The molecule has 0 aromatic heterocycles. The summed E-state index contributed by atoms with van der Waals surface area (Å²) in [5, 5.41) is 10.8. The number of nitro groups is 1. The smallest absolute Gasteiger partial charge is 0.294 e. The molecule has 5 N–H and O–H groups in total. The van der Waals surface area contributed by atoms with Crippen LogP contribution in [0.5, 0.6) is 5.75 Å². The summed E-state index contributed by atoms with van der Waals surface area (Å²) in [5.74, 6) is 4.61. The van der Waals surface area contributed by atoms with Crippen LogP contribution in [0.3, 0.4) is 0 Å². The third-order valence-corrected chi connectivity index (χ3v) is 4.07. The highest BCUT2D eigenvalue weighted by Crippen LogP contribution is 2.37. The summed E-state index contributed by atoms with van der Waals surface area (Å²) in [7, 11) is 0. The van der Waals surface area contributed by atoms with E-state index in [1.165, 1.54) is 35.2 Å². The number of rotatable bonds is 5. The molecular weight excluding hydrogens is 366 g/mol. The lowest BCUT2D eigenvalue weighted by molar-refractivity contribution is -0.384. The van der Waals surface area contributed by atoms with Crippen LogP contribution in [0.25, 0.3) is 6.08 Å². The number of non-ortho nitro benzene ring substituents is 1.